The molecule has 0 bridgehead atoms. The summed E-state index contributed by atoms with van der Waals surface area (Å²) in [6, 6.07) is 2.35. The molecular weight excluding hydrogens is 441 g/mol. The summed E-state index contributed by atoms with van der Waals surface area (Å²) in [4.78, 5) is 7.66. The van der Waals surface area contributed by atoms with E-state index in [2.05, 4.69) is 26.6 Å². The van der Waals surface area contributed by atoms with Crippen molar-refractivity contribution in [3.05, 3.63) is 44.9 Å². The van der Waals surface area contributed by atoms with Crippen molar-refractivity contribution < 1.29 is 13.5 Å². The van der Waals surface area contributed by atoms with Crippen molar-refractivity contribution in [1.82, 2.24) is 15.2 Å². The van der Waals surface area contributed by atoms with Gasteiger partial charge in [-0.25, -0.2) is 8.78 Å². The van der Waals surface area contributed by atoms with Crippen LogP contribution >= 0.6 is 36.2 Å². The predicted molar refractivity (Wildman–Crippen MR) is 117 cm³/mol. The van der Waals surface area contributed by atoms with E-state index in [9.17, 15) is 8.78 Å². The van der Waals surface area contributed by atoms with Crippen LogP contribution in [0, 0.1) is 18.6 Å². The number of halogens is 4. The molecule has 0 aromatic carbocycles. The molecule has 10 heteroatoms. The second-order valence-corrected chi connectivity index (χ2v) is 8.05. The number of piperazine rings is 1. The van der Waals surface area contributed by atoms with Crippen LogP contribution in [0.2, 0.25) is 0 Å². The van der Waals surface area contributed by atoms with E-state index in [4.69, 9.17) is 4.74 Å². The third-order valence-electron chi connectivity index (χ3n) is 4.93. The molecule has 0 amide bonds. The molecular formula is C19H24Cl2F2N4OS. The van der Waals surface area contributed by atoms with Crippen molar-refractivity contribution in [3.8, 4) is 0 Å². The molecule has 2 aliphatic heterocycles. The van der Waals surface area contributed by atoms with Gasteiger partial charge in [-0.05, 0) is 19.4 Å². The van der Waals surface area contributed by atoms with Crippen LogP contribution < -0.4 is 21.2 Å². The highest BCUT2D eigenvalue weighted by atomic mass is 35.5. The zero-order valence-electron chi connectivity index (χ0n) is 16.1. The molecule has 0 saturated carbocycles. The van der Waals surface area contributed by atoms with Crippen LogP contribution in [0.5, 0.6) is 0 Å². The molecule has 1 unspecified atom stereocenters. The molecule has 5 nitrogen and oxygen atoms in total. The lowest BCUT2D eigenvalue weighted by Crippen LogP contribution is -2.52. The normalized spacial score (nSPS) is 17.7. The van der Waals surface area contributed by atoms with E-state index in [-0.39, 0.29) is 36.1 Å². The predicted octanol–water partition coefficient (Wildman–Crippen LogP) is 2.20. The van der Waals surface area contributed by atoms with Crippen LogP contribution in [0.15, 0.2) is 12.3 Å². The highest BCUT2D eigenvalue weighted by Crippen LogP contribution is 2.34. The van der Waals surface area contributed by atoms with Gasteiger partial charge >= 0.3 is 0 Å². The molecule has 2 aromatic rings. The fraction of sp³-hybridized carbons (Fsp3) is 0.421. The number of ether oxygens (including phenoxy) is 1. The number of aryl methyl sites for hydroxylation is 1. The molecule has 1 atom stereocenters. The second kappa shape index (κ2) is 10.0. The van der Waals surface area contributed by atoms with Crippen molar-refractivity contribution >= 4 is 53.0 Å². The summed E-state index contributed by atoms with van der Waals surface area (Å²) in [6.45, 7) is 5.05. The van der Waals surface area contributed by atoms with Crippen molar-refractivity contribution in [2.75, 3.05) is 38.7 Å². The number of nitrogens with one attached hydrogen (secondary N) is 2. The zero-order chi connectivity index (χ0) is 19.0. The second-order valence-electron chi connectivity index (χ2n) is 6.80. The lowest BCUT2D eigenvalue weighted by Gasteiger charge is -2.36. The van der Waals surface area contributed by atoms with Crippen LogP contribution in [-0.2, 0) is 4.74 Å². The number of nitrogens with zero attached hydrogens (tertiary/aromatic N) is 2. The molecule has 2 N–H and O–H groups in total. The van der Waals surface area contributed by atoms with Crippen LogP contribution in [0.25, 0.3) is 11.9 Å². The van der Waals surface area contributed by atoms with Crippen molar-refractivity contribution in [2.24, 2.45) is 0 Å². The summed E-state index contributed by atoms with van der Waals surface area (Å²) < 4.78 is 33.5. The van der Waals surface area contributed by atoms with E-state index in [0.717, 1.165) is 53.4 Å². The molecule has 0 aliphatic carbocycles. The number of aromatic nitrogens is 1. The summed E-state index contributed by atoms with van der Waals surface area (Å²) in [5, 5.41) is 8.22. The Bertz CT molecular complexity index is 985. The van der Waals surface area contributed by atoms with Crippen LogP contribution in [0.3, 0.4) is 0 Å². The maximum absolute atomic E-state index is 14.5. The van der Waals surface area contributed by atoms with E-state index < -0.39 is 11.6 Å². The minimum Gasteiger partial charge on any atom is -0.385 e. The molecule has 2 aromatic heterocycles. The number of thiophene rings is 1. The monoisotopic (exact) mass is 464 g/mol. The fourth-order valence-corrected chi connectivity index (χ4v) is 4.55. The van der Waals surface area contributed by atoms with Crippen LogP contribution in [0.1, 0.15) is 16.9 Å². The summed E-state index contributed by atoms with van der Waals surface area (Å²) >= 11 is 1.60. The van der Waals surface area contributed by atoms with Gasteiger partial charge < -0.3 is 20.3 Å². The quantitative estimate of drug-likeness (QED) is 0.726. The Labute approximate surface area is 184 Å². The van der Waals surface area contributed by atoms with Gasteiger partial charge in [-0.1, -0.05) is 0 Å². The van der Waals surface area contributed by atoms with E-state index in [1.165, 1.54) is 6.20 Å². The van der Waals surface area contributed by atoms with Gasteiger partial charge in [0.1, 0.15) is 5.00 Å². The number of rotatable bonds is 4. The van der Waals surface area contributed by atoms with E-state index in [0.29, 0.717) is 12.0 Å². The molecule has 2 aliphatic rings. The zero-order valence-corrected chi connectivity index (χ0v) is 18.6. The number of anilines is 1. The Morgan fingerprint density at radius 3 is 2.90 bits per heavy atom. The van der Waals surface area contributed by atoms with E-state index >= 15 is 0 Å². The summed E-state index contributed by atoms with van der Waals surface area (Å²) in [6.07, 6.45) is 3.38. The van der Waals surface area contributed by atoms with Gasteiger partial charge in [0.15, 0.2) is 11.6 Å². The number of hydrogen-bond donors (Lipinski definition) is 2. The number of fused-ring (bicyclic) bond motifs is 2. The largest absolute Gasteiger partial charge is 0.385 e. The third-order valence-corrected chi connectivity index (χ3v) is 5.91. The molecule has 4 rings (SSSR count). The van der Waals surface area contributed by atoms with Crippen molar-refractivity contribution in [1.29, 1.82) is 0 Å². The molecule has 1 saturated heterocycles. The Balaban J connectivity index is 0.00000150. The Hall–Kier alpha value is -1.45. The number of methoxy groups -OCH3 is 1. The first-order valence-electron chi connectivity index (χ1n) is 8.97. The average Bonchev–Trinajstić information content (AvgIpc) is 2.95. The van der Waals surface area contributed by atoms with Crippen LogP contribution in [0.4, 0.5) is 13.8 Å². The lowest BCUT2D eigenvalue weighted by atomic mass is 10.1. The minimum atomic E-state index is -0.939. The SMILES string of the molecule is COCCC1CN(C2=c3ncc(F)c(F)c3=CNc3sc(C)cc32)CCN1.Cl.Cl. The topological polar surface area (TPSA) is 49.4 Å². The number of pyridine rings is 1. The Morgan fingerprint density at radius 1 is 1.34 bits per heavy atom. The maximum Gasteiger partial charge on any atom is 0.177 e. The third kappa shape index (κ3) is 4.67. The molecule has 29 heavy (non-hydrogen) atoms. The average molecular weight is 465 g/mol. The summed E-state index contributed by atoms with van der Waals surface area (Å²) in [5.41, 5.74) is 1.84. The minimum absolute atomic E-state index is 0. The number of hydrogen-bond acceptors (Lipinski definition) is 6. The summed E-state index contributed by atoms with van der Waals surface area (Å²) in [7, 11) is 1.69. The van der Waals surface area contributed by atoms with Crippen molar-refractivity contribution in [2.45, 2.75) is 19.4 Å². The van der Waals surface area contributed by atoms with Gasteiger partial charge in [-0.2, -0.15) is 0 Å². The molecule has 160 valence electrons. The van der Waals surface area contributed by atoms with Gasteiger partial charge in [0, 0.05) is 56.0 Å². The maximum atomic E-state index is 14.5. The van der Waals surface area contributed by atoms with Gasteiger partial charge in [-0.15, -0.1) is 36.2 Å². The molecule has 0 radical (unpaired) electrons. The first-order chi connectivity index (χ1) is 13.1. The Kier molecular flexibility index (Phi) is 8.25. The van der Waals surface area contributed by atoms with E-state index in [1.807, 2.05) is 6.92 Å². The van der Waals surface area contributed by atoms with Gasteiger partial charge in [-0.3, -0.25) is 4.98 Å². The van der Waals surface area contributed by atoms with Gasteiger partial charge in [0.25, 0.3) is 0 Å². The standard InChI is InChI=1S/C19H22F2N4OS.2ClH/c1-11-7-13-18(25-5-4-22-12(10-25)3-6-26-2)17-14(8-24-19(13)27-11)16(21)15(20)9-23-17;;/h7-9,12,22,24H,3-6,10H2,1-2H3;2*1H. The highest BCUT2D eigenvalue weighted by Gasteiger charge is 2.27. The van der Waals surface area contributed by atoms with Gasteiger partial charge in [0.2, 0.25) is 0 Å². The van der Waals surface area contributed by atoms with E-state index in [1.54, 1.807) is 18.4 Å². The first-order valence-corrected chi connectivity index (χ1v) is 9.79. The highest BCUT2D eigenvalue weighted by molar-refractivity contribution is 7.16. The smallest absolute Gasteiger partial charge is 0.177 e. The molecule has 0 spiro atoms. The molecule has 1 fully saturated rings. The summed E-state index contributed by atoms with van der Waals surface area (Å²) in [5.74, 6) is -1.81. The van der Waals surface area contributed by atoms with Crippen molar-refractivity contribution in [3.63, 3.8) is 0 Å². The first kappa shape index (κ1) is 23.8. The van der Waals surface area contributed by atoms with Crippen LogP contribution in [-0.4, -0.2) is 49.3 Å². The molecule has 4 heterocycles. The lowest BCUT2D eigenvalue weighted by molar-refractivity contribution is 0.166. The Morgan fingerprint density at radius 2 is 2.14 bits per heavy atom. The van der Waals surface area contributed by atoms with Gasteiger partial charge in [0.05, 0.1) is 22.5 Å². The fourth-order valence-electron chi connectivity index (χ4n) is 3.67.